The molecule has 1 aromatic rings. The van der Waals surface area contributed by atoms with Crippen LogP contribution in [0, 0.1) is 0 Å². The topological polar surface area (TPSA) is 57.3 Å². The van der Waals surface area contributed by atoms with Crippen LogP contribution in [0.25, 0.3) is 0 Å². The van der Waals surface area contributed by atoms with E-state index >= 15 is 0 Å². The average Bonchev–Trinajstić information content (AvgIpc) is 2.33. The third-order valence-electron chi connectivity index (χ3n) is 2.95. The van der Waals surface area contributed by atoms with Gasteiger partial charge < -0.3 is 10.6 Å². The van der Waals surface area contributed by atoms with E-state index in [-0.39, 0.29) is 30.7 Å². The molecule has 0 unspecified atom stereocenters. The van der Waals surface area contributed by atoms with Crippen LogP contribution in [0.4, 0.5) is 5.69 Å². The largest absolute Gasteiger partial charge is 0.325 e. The first-order chi connectivity index (χ1) is 8.25. The Morgan fingerprint density at radius 3 is 2.79 bits per heavy atom. The van der Waals surface area contributed by atoms with Crippen molar-refractivity contribution >= 4 is 36.4 Å². The summed E-state index contributed by atoms with van der Waals surface area (Å²) in [6, 6.07) is 3.99. The molecule has 5 nitrogen and oxygen atoms in total. The van der Waals surface area contributed by atoms with Gasteiger partial charge in [0, 0.05) is 43.8 Å². The molecule has 1 aliphatic heterocycles. The molecule has 0 aliphatic carbocycles. The van der Waals surface area contributed by atoms with Gasteiger partial charge in [-0.2, -0.15) is 0 Å². The molecule has 2 heterocycles. The van der Waals surface area contributed by atoms with Crippen molar-refractivity contribution in [3.63, 3.8) is 0 Å². The number of aromatic nitrogens is 1. The molecular formula is C12H20Cl2N4O. The predicted molar refractivity (Wildman–Crippen MR) is 81.3 cm³/mol. The Hall–Kier alpha value is -0.880. The molecule has 1 aliphatic rings. The zero-order chi connectivity index (χ0) is 12.1. The number of nitrogens with one attached hydrogen (secondary N) is 2. The second kappa shape index (κ2) is 9.09. The maximum atomic E-state index is 11.8. The molecule has 1 saturated heterocycles. The lowest BCUT2D eigenvalue weighted by atomic mass is 10.2. The lowest BCUT2D eigenvalue weighted by Crippen LogP contribution is -2.51. The van der Waals surface area contributed by atoms with Crippen LogP contribution in [0.15, 0.2) is 24.5 Å². The fourth-order valence-corrected chi connectivity index (χ4v) is 1.94. The zero-order valence-corrected chi connectivity index (χ0v) is 12.5. The quantitative estimate of drug-likeness (QED) is 0.880. The van der Waals surface area contributed by atoms with Gasteiger partial charge in [0.05, 0.1) is 6.54 Å². The van der Waals surface area contributed by atoms with E-state index in [1.807, 2.05) is 0 Å². The van der Waals surface area contributed by atoms with Crippen LogP contribution in [0.1, 0.15) is 6.92 Å². The number of hydrogen-bond acceptors (Lipinski definition) is 4. The first kappa shape index (κ1) is 18.1. The first-order valence-corrected chi connectivity index (χ1v) is 5.90. The number of carbonyl (C=O) groups is 1. The molecular weight excluding hydrogens is 287 g/mol. The molecule has 2 N–H and O–H groups in total. The van der Waals surface area contributed by atoms with Crippen LogP contribution in [-0.4, -0.2) is 48.0 Å². The molecule has 0 bridgehead atoms. The van der Waals surface area contributed by atoms with Crippen molar-refractivity contribution in [3.8, 4) is 0 Å². The summed E-state index contributed by atoms with van der Waals surface area (Å²) in [5.41, 5.74) is 0.799. The van der Waals surface area contributed by atoms with Gasteiger partial charge in [-0.3, -0.25) is 14.7 Å². The van der Waals surface area contributed by atoms with Gasteiger partial charge in [0.2, 0.25) is 5.91 Å². The van der Waals surface area contributed by atoms with Crippen LogP contribution >= 0.6 is 24.8 Å². The smallest absolute Gasteiger partial charge is 0.238 e. The highest BCUT2D eigenvalue weighted by molar-refractivity contribution is 5.92. The van der Waals surface area contributed by atoms with E-state index in [2.05, 4.69) is 27.4 Å². The van der Waals surface area contributed by atoms with Crippen LogP contribution in [-0.2, 0) is 4.79 Å². The van der Waals surface area contributed by atoms with Gasteiger partial charge in [-0.25, -0.2) is 0 Å². The second-order valence-corrected chi connectivity index (χ2v) is 4.31. The monoisotopic (exact) mass is 306 g/mol. The predicted octanol–water partition coefficient (Wildman–Crippen LogP) is 1.16. The minimum Gasteiger partial charge on any atom is -0.325 e. The second-order valence-electron chi connectivity index (χ2n) is 4.31. The molecule has 1 fully saturated rings. The van der Waals surface area contributed by atoms with Crippen molar-refractivity contribution in [3.05, 3.63) is 24.5 Å². The maximum absolute atomic E-state index is 11.8. The van der Waals surface area contributed by atoms with E-state index in [4.69, 9.17) is 0 Å². The molecule has 0 saturated carbocycles. The zero-order valence-electron chi connectivity index (χ0n) is 10.8. The average molecular weight is 307 g/mol. The molecule has 1 aromatic heterocycles. The van der Waals surface area contributed by atoms with Crippen LogP contribution in [0.3, 0.4) is 0 Å². The van der Waals surface area contributed by atoms with Gasteiger partial charge in [-0.15, -0.1) is 24.8 Å². The van der Waals surface area contributed by atoms with Gasteiger partial charge >= 0.3 is 0 Å². The summed E-state index contributed by atoms with van der Waals surface area (Å²) in [6.07, 6.45) is 3.34. The Morgan fingerprint density at radius 2 is 2.16 bits per heavy atom. The fraction of sp³-hybridized carbons (Fsp3) is 0.500. The van der Waals surface area contributed by atoms with Crippen LogP contribution in [0.2, 0.25) is 0 Å². The molecule has 2 rings (SSSR count). The van der Waals surface area contributed by atoms with Gasteiger partial charge in [-0.1, -0.05) is 0 Å². The van der Waals surface area contributed by atoms with E-state index in [1.165, 1.54) is 0 Å². The third kappa shape index (κ3) is 5.74. The van der Waals surface area contributed by atoms with E-state index < -0.39 is 0 Å². The molecule has 1 atom stereocenters. The maximum Gasteiger partial charge on any atom is 0.238 e. The Kier molecular flexibility index (Phi) is 8.67. The number of anilines is 1. The highest BCUT2D eigenvalue weighted by Crippen LogP contribution is 2.05. The van der Waals surface area contributed by atoms with Gasteiger partial charge in [0.15, 0.2) is 0 Å². The fourth-order valence-electron chi connectivity index (χ4n) is 1.94. The lowest BCUT2D eigenvalue weighted by Gasteiger charge is -2.33. The summed E-state index contributed by atoms with van der Waals surface area (Å²) >= 11 is 0. The Bertz CT molecular complexity index is 377. The van der Waals surface area contributed by atoms with Crippen molar-refractivity contribution in [1.29, 1.82) is 0 Å². The van der Waals surface area contributed by atoms with Crippen LogP contribution in [0.5, 0.6) is 0 Å². The van der Waals surface area contributed by atoms with Gasteiger partial charge in [-0.05, 0) is 19.1 Å². The molecule has 108 valence electrons. The normalized spacial score (nSPS) is 18.9. The standard InChI is InChI=1S/C12H18N4O.2ClH/c1-10-8-14-6-7-16(10)9-12(17)15-11-2-4-13-5-3-11;;/h2-5,10,14H,6-9H2,1H3,(H,13,15,17);2*1H/t10-;;/m1../s1. The molecule has 1 amide bonds. The van der Waals surface area contributed by atoms with Crippen molar-refractivity contribution in [2.75, 3.05) is 31.5 Å². The Balaban J connectivity index is 0.00000162. The summed E-state index contributed by atoms with van der Waals surface area (Å²) in [7, 11) is 0. The number of piperazine rings is 1. The number of rotatable bonds is 3. The molecule has 0 spiro atoms. The molecule has 0 aromatic carbocycles. The SMILES string of the molecule is C[C@@H]1CNCCN1CC(=O)Nc1ccncc1.Cl.Cl. The number of amides is 1. The van der Waals surface area contributed by atoms with E-state index in [9.17, 15) is 4.79 Å². The van der Waals surface area contributed by atoms with Crippen molar-refractivity contribution < 1.29 is 4.79 Å². The summed E-state index contributed by atoms with van der Waals surface area (Å²) in [5.74, 6) is 0.0324. The number of halogens is 2. The number of hydrogen-bond donors (Lipinski definition) is 2. The van der Waals surface area contributed by atoms with Crippen LogP contribution < -0.4 is 10.6 Å². The lowest BCUT2D eigenvalue weighted by molar-refractivity contribution is -0.118. The summed E-state index contributed by atoms with van der Waals surface area (Å²) in [5, 5.41) is 6.17. The highest BCUT2D eigenvalue weighted by Gasteiger charge is 2.19. The van der Waals surface area contributed by atoms with Gasteiger partial charge in [0.25, 0.3) is 0 Å². The first-order valence-electron chi connectivity index (χ1n) is 5.90. The highest BCUT2D eigenvalue weighted by atomic mass is 35.5. The Morgan fingerprint density at radius 1 is 1.47 bits per heavy atom. The summed E-state index contributed by atoms with van der Waals surface area (Å²) < 4.78 is 0. The Labute approximate surface area is 126 Å². The molecule has 7 heteroatoms. The number of nitrogens with zero attached hydrogens (tertiary/aromatic N) is 2. The number of carbonyl (C=O) groups excluding carboxylic acids is 1. The minimum absolute atomic E-state index is 0. The molecule has 19 heavy (non-hydrogen) atoms. The summed E-state index contributed by atoms with van der Waals surface area (Å²) in [4.78, 5) is 17.9. The minimum atomic E-state index is 0. The third-order valence-corrected chi connectivity index (χ3v) is 2.95. The van der Waals surface area contributed by atoms with E-state index in [0.29, 0.717) is 12.6 Å². The number of pyridine rings is 1. The molecule has 0 radical (unpaired) electrons. The van der Waals surface area contributed by atoms with E-state index in [0.717, 1.165) is 25.3 Å². The van der Waals surface area contributed by atoms with Crippen molar-refractivity contribution in [1.82, 2.24) is 15.2 Å². The van der Waals surface area contributed by atoms with Crippen molar-refractivity contribution in [2.24, 2.45) is 0 Å². The van der Waals surface area contributed by atoms with Gasteiger partial charge in [0.1, 0.15) is 0 Å². The van der Waals surface area contributed by atoms with Crippen molar-refractivity contribution in [2.45, 2.75) is 13.0 Å². The van der Waals surface area contributed by atoms with E-state index in [1.54, 1.807) is 24.5 Å². The summed E-state index contributed by atoms with van der Waals surface area (Å²) in [6.45, 7) is 5.40.